The molecule has 8 heteroatoms. The Morgan fingerprint density at radius 1 is 0.967 bits per heavy atom. The van der Waals surface area contributed by atoms with Gasteiger partial charge in [0.25, 0.3) is 17.6 Å². The number of carbonyl (C=O) groups excluding carboxylic acids is 3. The number of Topliss-reactive ketones (excluding diaryl/α,β-unsaturated/α-hetero) is 1. The lowest BCUT2D eigenvalue weighted by molar-refractivity contribution is -0.114. The highest BCUT2D eigenvalue weighted by Gasteiger charge is 2.36. The summed E-state index contributed by atoms with van der Waals surface area (Å²) >= 11 is 15.3. The highest BCUT2D eigenvalue weighted by molar-refractivity contribution is 9.10. The van der Waals surface area contributed by atoms with Gasteiger partial charge in [-0.1, -0.05) is 51.3 Å². The van der Waals surface area contributed by atoms with Crippen LogP contribution < -0.4 is 10.2 Å². The molecule has 0 aliphatic carbocycles. The zero-order valence-electron chi connectivity index (χ0n) is 15.3. The van der Waals surface area contributed by atoms with Crippen LogP contribution in [0.5, 0.6) is 0 Å². The van der Waals surface area contributed by atoms with Crippen LogP contribution in [0.4, 0.5) is 11.4 Å². The van der Waals surface area contributed by atoms with Gasteiger partial charge in [-0.05, 0) is 54.1 Å². The lowest BCUT2D eigenvalue weighted by atomic mass is 10.1. The summed E-state index contributed by atoms with van der Waals surface area (Å²) in [6, 6.07) is 16.8. The summed E-state index contributed by atoms with van der Waals surface area (Å²) in [4.78, 5) is 38.9. The standard InChI is InChI=1S/C22H13BrCl2N2O3/c23-14-3-1-2-13(9-14)21(29)26-15-5-7-19-16(10-15)20(28)22(30)27(19)11-12-4-6-17(24)18(25)8-12/h1-10H,11H2,(H,26,29). The Morgan fingerprint density at radius 3 is 2.50 bits per heavy atom. The van der Waals surface area contributed by atoms with E-state index in [1.807, 2.05) is 6.07 Å². The minimum atomic E-state index is -0.633. The Hall–Kier alpha value is -2.67. The number of fused-ring (bicyclic) bond motifs is 1. The fourth-order valence-electron chi connectivity index (χ4n) is 3.19. The SMILES string of the molecule is O=C(Nc1ccc2c(c1)C(=O)C(=O)N2Cc1ccc(Cl)c(Cl)c1)c1cccc(Br)c1. The largest absolute Gasteiger partial charge is 0.322 e. The topological polar surface area (TPSA) is 66.5 Å². The number of hydrogen-bond donors (Lipinski definition) is 1. The molecule has 0 atom stereocenters. The smallest absolute Gasteiger partial charge is 0.299 e. The van der Waals surface area contributed by atoms with Crippen LogP contribution in [0.25, 0.3) is 0 Å². The first-order chi connectivity index (χ1) is 14.3. The molecule has 1 aliphatic rings. The number of nitrogens with zero attached hydrogens (tertiary/aromatic N) is 1. The Balaban J connectivity index is 1.59. The quantitative estimate of drug-likeness (QED) is 0.462. The fraction of sp³-hybridized carbons (Fsp3) is 0.0455. The van der Waals surface area contributed by atoms with Gasteiger partial charge in [-0.2, -0.15) is 0 Å². The predicted molar refractivity (Wildman–Crippen MR) is 121 cm³/mol. The summed E-state index contributed by atoms with van der Waals surface area (Å²) < 4.78 is 0.780. The van der Waals surface area contributed by atoms with Crippen molar-refractivity contribution in [2.45, 2.75) is 6.54 Å². The molecule has 0 saturated heterocycles. The van der Waals surface area contributed by atoms with E-state index in [9.17, 15) is 14.4 Å². The van der Waals surface area contributed by atoms with Gasteiger partial charge in [-0.3, -0.25) is 14.4 Å². The molecule has 0 aromatic heterocycles. The van der Waals surface area contributed by atoms with Crippen LogP contribution in [-0.4, -0.2) is 17.6 Å². The molecule has 1 N–H and O–H groups in total. The number of halogens is 3. The van der Waals surface area contributed by atoms with Crippen molar-refractivity contribution < 1.29 is 14.4 Å². The van der Waals surface area contributed by atoms with Crippen molar-refractivity contribution in [1.29, 1.82) is 0 Å². The molecule has 150 valence electrons. The van der Waals surface area contributed by atoms with Gasteiger partial charge in [-0.15, -0.1) is 0 Å². The second kappa shape index (κ2) is 8.22. The van der Waals surface area contributed by atoms with E-state index in [0.717, 1.165) is 10.0 Å². The average molecular weight is 504 g/mol. The Labute approximate surface area is 190 Å². The highest BCUT2D eigenvalue weighted by Crippen LogP contribution is 2.33. The first kappa shape index (κ1) is 20.6. The van der Waals surface area contributed by atoms with Crippen LogP contribution in [0.1, 0.15) is 26.3 Å². The van der Waals surface area contributed by atoms with E-state index < -0.39 is 11.7 Å². The van der Waals surface area contributed by atoms with Crippen molar-refractivity contribution in [2.75, 3.05) is 10.2 Å². The van der Waals surface area contributed by atoms with Crippen molar-refractivity contribution in [2.24, 2.45) is 0 Å². The van der Waals surface area contributed by atoms with Gasteiger partial charge in [0.05, 0.1) is 27.8 Å². The molecule has 0 unspecified atom stereocenters. The zero-order chi connectivity index (χ0) is 21.4. The fourth-order valence-corrected chi connectivity index (χ4v) is 3.91. The first-order valence-electron chi connectivity index (χ1n) is 8.84. The molecule has 3 aromatic carbocycles. The van der Waals surface area contributed by atoms with Crippen LogP contribution in [0.15, 0.2) is 65.1 Å². The maximum absolute atomic E-state index is 12.5. The average Bonchev–Trinajstić information content (AvgIpc) is 2.95. The van der Waals surface area contributed by atoms with Crippen molar-refractivity contribution >= 4 is 68.1 Å². The number of anilines is 2. The van der Waals surface area contributed by atoms with E-state index in [2.05, 4.69) is 21.2 Å². The third-order valence-corrected chi connectivity index (χ3v) is 5.87. The molecule has 2 amide bonds. The van der Waals surface area contributed by atoms with Crippen molar-refractivity contribution in [1.82, 2.24) is 0 Å². The lowest BCUT2D eigenvalue weighted by Gasteiger charge is -2.17. The maximum atomic E-state index is 12.5. The molecule has 0 saturated carbocycles. The van der Waals surface area contributed by atoms with Crippen LogP contribution >= 0.6 is 39.1 Å². The normalized spacial score (nSPS) is 12.8. The van der Waals surface area contributed by atoms with Gasteiger partial charge in [-0.25, -0.2) is 0 Å². The lowest BCUT2D eigenvalue weighted by Crippen LogP contribution is -2.29. The molecule has 30 heavy (non-hydrogen) atoms. The molecule has 5 nitrogen and oxygen atoms in total. The van der Waals surface area contributed by atoms with Gasteiger partial charge in [0, 0.05) is 15.7 Å². The van der Waals surface area contributed by atoms with Gasteiger partial charge in [0.1, 0.15) is 0 Å². The number of benzene rings is 3. The molecular weight excluding hydrogens is 491 g/mol. The summed E-state index contributed by atoms with van der Waals surface area (Å²) in [5.74, 6) is -1.57. The number of hydrogen-bond acceptors (Lipinski definition) is 3. The van der Waals surface area contributed by atoms with E-state index >= 15 is 0 Å². The summed E-state index contributed by atoms with van der Waals surface area (Å²) in [5.41, 5.74) is 2.36. The van der Waals surface area contributed by atoms with E-state index in [4.69, 9.17) is 23.2 Å². The molecule has 3 aromatic rings. The van der Waals surface area contributed by atoms with Crippen LogP contribution in [-0.2, 0) is 11.3 Å². The molecule has 4 rings (SSSR count). The molecule has 0 radical (unpaired) electrons. The molecule has 1 heterocycles. The number of rotatable bonds is 4. The number of carbonyl (C=O) groups is 3. The first-order valence-corrected chi connectivity index (χ1v) is 10.4. The van der Waals surface area contributed by atoms with E-state index in [1.165, 1.54) is 11.0 Å². The molecule has 1 aliphatic heterocycles. The van der Waals surface area contributed by atoms with Crippen molar-refractivity contribution in [3.63, 3.8) is 0 Å². The third-order valence-electron chi connectivity index (χ3n) is 4.64. The Kier molecular flexibility index (Phi) is 5.64. The maximum Gasteiger partial charge on any atom is 0.299 e. The minimum absolute atomic E-state index is 0.179. The second-order valence-corrected chi connectivity index (χ2v) is 8.40. The summed E-state index contributed by atoms with van der Waals surface area (Å²) in [7, 11) is 0. The highest BCUT2D eigenvalue weighted by atomic mass is 79.9. The zero-order valence-corrected chi connectivity index (χ0v) is 18.4. The Bertz CT molecular complexity index is 1210. The summed E-state index contributed by atoms with van der Waals surface area (Å²) in [6.45, 7) is 0.179. The van der Waals surface area contributed by atoms with Gasteiger partial charge in [0.15, 0.2) is 0 Å². The molecule has 0 bridgehead atoms. The Morgan fingerprint density at radius 2 is 1.77 bits per heavy atom. The molecule has 0 spiro atoms. The number of ketones is 1. The van der Waals surface area contributed by atoms with Gasteiger partial charge in [0.2, 0.25) is 0 Å². The third kappa shape index (κ3) is 3.99. The van der Waals surface area contributed by atoms with E-state index in [0.29, 0.717) is 27.0 Å². The number of amides is 2. The number of nitrogens with one attached hydrogen (secondary N) is 1. The van der Waals surface area contributed by atoms with Crippen molar-refractivity contribution in [3.8, 4) is 0 Å². The van der Waals surface area contributed by atoms with Gasteiger partial charge >= 0.3 is 0 Å². The van der Waals surface area contributed by atoms with Gasteiger partial charge < -0.3 is 10.2 Å². The second-order valence-electron chi connectivity index (χ2n) is 6.67. The summed E-state index contributed by atoms with van der Waals surface area (Å²) in [6.07, 6.45) is 0. The molecule has 0 fully saturated rings. The summed E-state index contributed by atoms with van der Waals surface area (Å²) in [5, 5.41) is 3.54. The van der Waals surface area contributed by atoms with E-state index in [-0.39, 0.29) is 18.0 Å². The van der Waals surface area contributed by atoms with Crippen LogP contribution in [0.3, 0.4) is 0 Å². The van der Waals surface area contributed by atoms with Crippen LogP contribution in [0, 0.1) is 0 Å². The molecular formula is C22H13BrCl2N2O3. The van der Waals surface area contributed by atoms with E-state index in [1.54, 1.807) is 48.5 Å². The monoisotopic (exact) mass is 502 g/mol. The van der Waals surface area contributed by atoms with Crippen molar-refractivity contribution in [3.05, 3.63) is 91.9 Å². The predicted octanol–water partition coefficient (Wildman–Crippen LogP) is 5.74. The minimum Gasteiger partial charge on any atom is -0.322 e. The van der Waals surface area contributed by atoms with Crippen LogP contribution in [0.2, 0.25) is 10.0 Å².